The topological polar surface area (TPSA) is 42.7 Å². The Hall–Kier alpha value is -1.33. The van der Waals surface area contributed by atoms with E-state index < -0.39 is 0 Å². The maximum Gasteiger partial charge on any atom is 0.138 e. The summed E-state index contributed by atoms with van der Waals surface area (Å²) in [5.74, 6) is 1.84. The number of thioether (sulfide) groups is 1. The Labute approximate surface area is 118 Å². The van der Waals surface area contributed by atoms with E-state index in [9.17, 15) is 0 Å². The Kier molecular flexibility index (Phi) is 4.99. The van der Waals surface area contributed by atoms with Gasteiger partial charge in [0.1, 0.15) is 12.2 Å². The average Bonchev–Trinajstić information content (AvgIpc) is 2.82. The van der Waals surface area contributed by atoms with Gasteiger partial charge >= 0.3 is 0 Å². The monoisotopic (exact) mass is 276 g/mol. The molecule has 0 saturated heterocycles. The van der Waals surface area contributed by atoms with Crippen molar-refractivity contribution in [2.24, 2.45) is 7.05 Å². The quantitative estimate of drug-likeness (QED) is 0.824. The lowest BCUT2D eigenvalue weighted by Gasteiger charge is -2.13. The highest BCUT2D eigenvalue weighted by molar-refractivity contribution is 7.98. The van der Waals surface area contributed by atoms with E-state index in [1.165, 1.54) is 10.5 Å². The standard InChI is InChI=1S/C14H20N4S/c1-4-15-11(2)12-6-5-7-13(8-12)19-9-14-16-10-17-18(14)3/h5-8,10-11,15H,4,9H2,1-3H3. The van der Waals surface area contributed by atoms with Crippen molar-refractivity contribution < 1.29 is 0 Å². The molecule has 0 aliphatic heterocycles. The third-order valence-corrected chi connectivity index (χ3v) is 4.03. The van der Waals surface area contributed by atoms with Crippen LogP contribution in [0.25, 0.3) is 0 Å². The zero-order chi connectivity index (χ0) is 13.7. The molecule has 1 unspecified atom stereocenters. The van der Waals surface area contributed by atoms with Crippen LogP contribution in [-0.4, -0.2) is 21.3 Å². The summed E-state index contributed by atoms with van der Waals surface area (Å²) in [5.41, 5.74) is 1.32. The number of nitrogens with one attached hydrogen (secondary N) is 1. The van der Waals surface area contributed by atoms with Gasteiger partial charge in [-0.2, -0.15) is 5.10 Å². The first-order chi connectivity index (χ1) is 9.20. The Morgan fingerprint density at radius 3 is 2.95 bits per heavy atom. The minimum atomic E-state index is 0.389. The summed E-state index contributed by atoms with van der Waals surface area (Å²) in [5, 5.41) is 7.51. The molecule has 19 heavy (non-hydrogen) atoms. The first kappa shape index (κ1) is 14.1. The van der Waals surface area contributed by atoms with Crippen molar-refractivity contribution >= 4 is 11.8 Å². The highest BCUT2D eigenvalue weighted by atomic mass is 32.2. The second kappa shape index (κ2) is 6.73. The SMILES string of the molecule is CCNC(C)c1cccc(SCc2ncnn2C)c1. The minimum Gasteiger partial charge on any atom is -0.310 e. The first-order valence-corrected chi connectivity index (χ1v) is 7.48. The fourth-order valence-electron chi connectivity index (χ4n) is 1.90. The lowest BCUT2D eigenvalue weighted by Crippen LogP contribution is -2.17. The summed E-state index contributed by atoms with van der Waals surface area (Å²) in [4.78, 5) is 5.51. The maximum atomic E-state index is 4.24. The molecule has 0 aliphatic carbocycles. The third-order valence-electron chi connectivity index (χ3n) is 3.04. The van der Waals surface area contributed by atoms with Gasteiger partial charge in [-0.15, -0.1) is 11.8 Å². The molecule has 1 atom stereocenters. The molecule has 1 aromatic heterocycles. The molecule has 1 aromatic carbocycles. The Morgan fingerprint density at radius 1 is 1.42 bits per heavy atom. The Balaban J connectivity index is 2.01. The molecule has 5 heteroatoms. The van der Waals surface area contributed by atoms with Crippen LogP contribution in [-0.2, 0) is 12.8 Å². The van der Waals surface area contributed by atoms with Crippen molar-refractivity contribution in [2.45, 2.75) is 30.5 Å². The molecule has 1 heterocycles. The highest BCUT2D eigenvalue weighted by Crippen LogP contribution is 2.24. The van der Waals surface area contributed by atoms with Crippen LogP contribution in [0.4, 0.5) is 0 Å². The van der Waals surface area contributed by atoms with Crippen molar-refractivity contribution in [3.8, 4) is 0 Å². The zero-order valence-electron chi connectivity index (χ0n) is 11.6. The molecule has 0 aliphatic rings. The van der Waals surface area contributed by atoms with E-state index in [-0.39, 0.29) is 0 Å². The van der Waals surface area contributed by atoms with Crippen LogP contribution in [0.1, 0.15) is 31.3 Å². The fraction of sp³-hybridized carbons (Fsp3) is 0.429. The van der Waals surface area contributed by atoms with Crippen molar-refractivity contribution in [2.75, 3.05) is 6.54 Å². The lowest BCUT2D eigenvalue weighted by atomic mass is 10.1. The molecule has 0 saturated carbocycles. The molecular weight excluding hydrogens is 256 g/mol. The van der Waals surface area contributed by atoms with Gasteiger partial charge in [0.05, 0.1) is 5.75 Å². The largest absolute Gasteiger partial charge is 0.310 e. The van der Waals surface area contributed by atoms with Crippen LogP contribution >= 0.6 is 11.8 Å². The van der Waals surface area contributed by atoms with Crippen molar-refractivity contribution in [1.29, 1.82) is 0 Å². The smallest absolute Gasteiger partial charge is 0.138 e. The van der Waals surface area contributed by atoms with E-state index in [0.717, 1.165) is 18.1 Å². The number of aromatic nitrogens is 3. The number of benzene rings is 1. The fourth-order valence-corrected chi connectivity index (χ4v) is 2.85. The van der Waals surface area contributed by atoms with Crippen molar-refractivity contribution in [1.82, 2.24) is 20.1 Å². The molecular formula is C14H20N4S. The van der Waals surface area contributed by atoms with Crippen molar-refractivity contribution in [3.63, 3.8) is 0 Å². The molecule has 0 radical (unpaired) electrons. The van der Waals surface area contributed by atoms with Gasteiger partial charge < -0.3 is 5.32 Å². The molecule has 0 amide bonds. The number of aryl methyl sites for hydroxylation is 1. The maximum absolute atomic E-state index is 4.24. The average molecular weight is 276 g/mol. The van der Waals surface area contributed by atoms with Crippen LogP contribution in [0.15, 0.2) is 35.5 Å². The number of rotatable bonds is 6. The predicted octanol–water partition coefficient (Wildman–Crippen LogP) is 2.78. The Bertz CT molecular complexity index is 524. The second-order valence-corrected chi connectivity index (χ2v) is 5.49. The van der Waals surface area contributed by atoms with Crippen molar-refractivity contribution in [3.05, 3.63) is 42.0 Å². The first-order valence-electron chi connectivity index (χ1n) is 6.49. The van der Waals surface area contributed by atoms with E-state index in [2.05, 4.69) is 53.5 Å². The Morgan fingerprint density at radius 2 is 2.26 bits per heavy atom. The van der Waals surface area contributed by atoms with E-state index in [1.54, 1.807) is 18.1 Å². The van der Waals surface area contributed by atoms with E-state index in [4.69, 9.17) is 0 Å². The van der Waals surface area contributed by atoms with Gasteiger partial charge in [-0.3, -0.25) is 4.68 Å². The number of hydrogen-bond acceptors (Lipinski definition) is 4. The van der Waals surface area contributed by atoms with Crippen LogP contribution in [0.5, 0.6) is 0 Å². The molecule has 0 spiro atoms. The van der Waals surface area contributed by atoms with Gasteiger partial charge in [-0.1, -0.05) is 19.1 Å². The van der Waals surface area contributed by atoms with E-state index >= 15 is 0 Å². The van der Waals surface area contributed by atoms with Gasteiger partial charge in [0, 0.05) is 18.0 Å². The molecule has 2 aromatic rings. The van der Waals surface area contributed by atoms with Gasteiger partial charge in [-0.25, -0.2) is 4.98 Å². The number of hydrogen-bond donors (Lipinski definition) is 1. The van der Waals surface area contributed by atoms with E-state index in [1.807, 2.05) is 11.7 Å². The van der Waals surface area contributed by atoms with Gasteiger partial charge in [0.15, 0.2) is 0 Å². The summed E-state index contributed by atoms with van der Waals surface area (Å²) in [6.45, 7) is 5.30. The van der Waals surface area contributed by atoms with Gasteiger partial charge in [-0.05, 0) is 31.2 Å². The molecule has 4 nitrogen and oxygen atoms in total. The van der Waals surface area contributed by atoms with Crippen LogP contribution in [0, 0.1) is 0 Å². The molecule has 1 N–H and O–H groups in total. The molecule has 0 bridgehead atoms. The summed E-state index contributed by atoms with van der Waals surface area (Å²) in [6, 6.07) is 9.06. The third kappa shape index (κ3) is 3.81. The minimum absolute atomic E-state index is 0.389. The van der Waals surface area contributed by atoms with Gasteiger partial charge in [0.25, 0.3) is 0 Å². The van der Waals surface area contributed by atoms with E-state index in [0.29, 0.717) is 6.04 Å². The second-order valence-electron chi connectivity index (χ2n) is 4.44. The van der Waals surface area contributed by atoms with Crippen LogP contribution in [0.3, 0.4) is 0 Å². The summed E-state index contributed by atoms with van der Waals surface area (Å²) < 4.78 is 1.82. The number of nitrogens with zero attached hydrogens (tertiary/aromatic N) is 3. The lowest BCUT2D eigenvalue weighted by molar-refractivity contribution is 0.597. The summed E-state index contributed by atoms with van der Waals surface area (Å²) in [6.07, 6.45) is 1.60. The summed E-state index contributed by atoms with van der Waals surface area (Å²) in [7, 11) is 1.92. The predicted molar refractivity (Wildman–Crippen MR) is 79.1 cm³/mol. The van der Waals surface area contributed by atoms with Crippen LogP contribution in [0.2, 0.25) is 0 Å². The van der Waals surface area contributed by atoms with Crippen LogP contribution < -0.4 is 5.32 Å². The molecule has 102 valence electrons. The summed E-state index contributed by atoms with van der Waals surface area (Å²) >= 11 is 1.79. The molecule has 2 rings (SSSR count). The zero-order valence-corrected chi connectivity index (χ0v) is 12.4. The molecule has 0 fully saturated rings. The van der Waals surface area contributed by atoms with Gasteiger partial charge in [0.2, 0.25) is 0 Å². The normalized spacial score (nSPS) is 12.6. The highest BCUT2D eigenvalue weighted by Gasteiger charge is 2.06.